The minimum atomic E-state index is -5.50. The summed E-state index contributed by atoms with van der Waals surface area (Å²) in [6, 6.07) is 4.38. The Bertz CT molecular complexity index is 1790. The van der Waals surface area contributed by atoms with Gasteiger partial charge in [0.2, 0.25) is 5.75 Å². The van der Waals surface area contributed by atoms with E-state index in [2.05, 4.69) is 9.47 Å². The molecule has 0 aliphatic heterocycles. The highest BCUT2D eigenvalue weighted by Crippen LogP contribution is 2.39. The first kappa shape index (κ1) is 34.9. The molecule has 0 saturated carbocycles. The SMILES string of the molecule is CCC=CC(F)=C(F)c1ccc(C(F)(F)Oc2cc(F)c(-c3cc(F)c(-c4cc(F)c(OC(F)(F)F)c(F)c4)c(F)c3)c(F)c2)cc1. The second-order valence-electron chi connectivity index (χ2n) is 9.56. The lowest BCUT2D eigenvalue weighted by molar-refractivity contribution is -0.276. The molecule has 0 heterocycles. The summed E-state index contributed by atoms with van der Waals surface area (Å²) < 4.78 is 190. The topological polar surface area (TPSA) is 18.5 Å². The molecule has 0 aliphatic carbocycles. The summed E-state index contributed by atoms with van der Waals surface area (Å²) in [5.74, 6) is -16.1. The van der Waals surface area contributed by atoms with E-state index in [4.69, 9.17) is 0 Å². The molecule has 4 aromatic rings. The van der Waals surface area contributed by atoms with E-state index in [1.807, 2.05) is 0 Å². The summed E-state index contributed by atoms with van der Waals surface area (Å²) in [5.41, 5.74) is -5.42. The third-order valence-electron chi connectivity index (χ3n) is 6.28. The summed E-state index contributed by atoms with van der Waals surface area (Å²) in [5, 5.41) is 0. The van der Waals surface area contributed by atoms with Crippen LogP contribution < -0.4 is 9.47 Å². The first-order valence-corrected chi connectivity index (χ1v) is 13.0. The van der Waals surface area contributed by atoms with Crippen molar-refractivity contribution in [3.8, 4) is 33.8 Å². The molecule has 0 saturated heterocycles. The minimum absolute atomic E-state index is 0.128. The lowest BCUT2D eigenvalue weighted by Gasteiger charge is -2.19. The van der Waals surface area contributed by atoms with Crippen LogP contribution in [-0.2, 0) is 6.11 Å². The Morgan fingerprint density at radius 2 is 1.09 bits per heavy atom. The molecule has 0 fully saturated rings. The quantitative estimate of drug-likeness (QED) is 0.129. The molecule has 0 radical (unpaired) electrons. The predicted octanol–water partition coefficient (Wildman–Crippen LogP) is 11.5. The molecule has 0 unspecified atom stereocenters. The fourth-order valence-corrected chi connectivity index (χ4v) is 4.25. The molecule has 47 heavy (non-hydrogen) atoms. The van der Waals surface area contributed by atoms with E-state index >= 15 is 0 Å². The third kappa shape index (κ3) is 7.89. The van der Waals surface area contributed by atoms with Gasteiger partial charge in [-0.1, -0.05) is 25.1 Å². The van der Waals surface area contributed by atoms with Crippen LogP contribution in [0.25, 0.3) is 28.1 Å². The Morgan fingerprint density at radius 1 is 0.638 bits per heavy atom. The molecule has 0 aliphatic rings. The minimum Gasteiger partial charge on any atom is -0.429 e. The Balaban J connectivity index is 1.62. The van der Waals surface area contributed by atoms with Gasteiger partial charge in [-0.25, -0.2) is 35.1 Å². The Hall–Kier alpha value is -4.95. The van der Waals surface area contributed by atoms with Crippen molar-refractivity contribution in [1.29, 1.82) is 0 Å². The maximum atomic E-state index is 15.0. The smallest absolute Gasteiger partial charge is 0.429 e. The number of allylic oxidation sites excluding steroid dienone is 3. The van der Waals surface area contributed by atoms with Crippen LogP contribution in [0.5, 0.6) is 11.5 Å². The van der Waals surface area contributed by atoms with E-state index in [9.17, 15) is 57.1 Å². The van der Waals surface area contributed by atoms with E-state index < -0.39 is 104 Å². The van der Waals surface area contributed by atoms with Crippen LogP contribution in [0.2, 0.25) is 0 Å². The van der Waals surface area contributed by atoms with Crippen molar-refractivity contribution in [2.45, 2.75) is 25.8 Å². The summed E-state index contributed by atoms with van der Waals surface area (Å²) in [7, 11) is 0. The van der Waals surface area contributed by atoms with Crippen LogP contribution in [0.15, 0.2) is 78.6 Å². The molecule has 15 heteroatoms. The number of hydrogen-bond donors (Lipinski definition) is 0. The highest BCUT2D eigenvalue weighted by Gasteiger charge is 2.36. The van der Waals surface area contributed by atoms with Gasteiger partial charge in [-0.05, 0) is 60.0 Å². The zero-order valence-corrected chi connectivity index (χ0v) is 23.4. The predicted molar refractivity (Wildman–Crippen MR) is 143 cm³/mol. The van der Waals surface area contributed by atoms with Crippen molar-refractivity contribution < 1.29 is 66.5 Å². The van der Waals surface area contributed by atoms with Crippen molar-refractivity contribution in [3.05, 3.63) is 125 Å². The molecule has 248 valence electrons. The number of hydrogen-bond acceptors (Lipinski definition) is 2. The molecule has 0 amide bonds. The fourth-order valence-electron chi connectivity index (χ4n) is 4.25. The van der Waals surface area contributed by atoms with E-state index in [1.165, 1.54) is 6.08 Å². The second kappa shape index (κ2) is 13.4. The van der Waals surface area contributed by atoms with Crippen LogP contribution in [-0.4, -0.2) is 6.36 Å². The third-order valence-corrected chi connectivity index (χ3v) is 6.28. The van der Waals surface area contributed by atoms with Crippen molar-refractivity contribution in [1.82, 2.24) is 0 Å². The fraction of sp³-hybridized carbons (Fsp3) is 0.125. The van der Waals surface area contributed by atoms with Gasteiger partial charge < -0.3 is 9.47 Å². The standard InChI is InChI=1S/C32H17F13O2/c1-2-3-4-20(33)29(40)15-5-7-18(8-6-15)31(41,42)46-19-13-23(36)28(24(37)14-19)16-9-21(34)27(22(35)10-16)17-11-25(38)30(26(39)12-17)47-32(43,44)45/h3-14H,2H2,1H3. The molecule has 0 N–H and O–H groups in total. The number of ether oxygens (including phenoxy) is 2. The molecule has 0 spiro atoms. The summed E-state index contributed by atoms with van der Waals surface area (Å²) in [6.07, 6.45) is -7.19. The van der Waals surface area contributed by atoms with Crippen LogP contribution in [0.3, 0.4) is 0 Å². The molecule has 2 nitrogen and oxygen atoms in total. The van der Waals surface area contributed by atoms with Crippen molar-refractivity contribution >= 4 is 5.83 Å². The van der Waals surface area contributed by atoms with E-state index in [1.54, 1.807) is 6.92 Å². The van der Waals surface area contributed by atoms with Crippen molar-refractivity contribution in [2.24, 2.45) is 0 Å². The largest absolute Gasteiger partial charge is 0.573 e. The molecule has 4 rings (SSSR count). The van der Waals surface area contributed by atoms with Gasteiger partial charge in [-0.2, -0.15) is 8.78 Å². The van der Waals surface area contributed by atoms with Gasteiger partial charge >= 0.3 is 12.5 Å². The van der Waals surface area contributed by atoms with Gasteiger partial charge in [0.1, 0.15) is 29.0 Å². The Kier molecular flexibility index (Phi) is 9.97. The Morgan fingerprint density at radius 3 is 1.53 bits per heavy atom. The van der Waals surface area contributed by atoms with Gasteiger partial charge in [0.15, 0.2) is 23.3 Å². The molecule has 0 bridgehead atoms. The molecule has 4 aromatic carbocycles. The van der Waals surface area contributed by atoms with E-state index in [0.717, 1.165) is 18.2 Å². The lowest BCUT2D eigenvalue weighted by atomic mass is 9.97. The Labute approximate surface area is 257 Å². The normalized spacial score (nSPS) is 12.8. The molecule has 0 aromatic heterocycles. The molecule has 0 atom stereocenters. The highest BCUT2D eigenvalue weighted by atomic mass is 19.4. The van der Waals surface area contributed by atoms with Gasteiger partial charge in [0.25, 0.3) is 0 Å². The summed E-state index contributed by atoms with van der Waals surface area (Å²) in [4.78, 5) is 0. The van der Waals surface area contributed by atoms with E-state index in [0.29, 0.717) is 30.7 Å². The number of rotatable bonds is 9. The molecular weight excluding hydrogens is 663 g/mol. The first-order chi connectivity index (χ1) is 21.9. The second-order valence-corrected chi connectivity index (χ2v) is 9.56. The zero-order valence-electron chi connectivity index (χ0n) is 23.4. The lowest BCUT2D eigenvalue weighted by Crippen LogP contribution is -2.22. The van der Waals surface area contributed by atoms with Crippen LogP contribution in [0.1, 0.15) is 24.5 Å². The van der Waals surface area contributed by atoms with Gasteiger partial charge in [-0.15, -0.1) is 13.2 Å². The van der Waals surface area contributed by atoms with Gasteiger partial charge in [0.05, 0.1) is 16.7 Å². The maximum absolute atomic E-state index is 15.0. The van der Waals surface area contributed by atoms with Crippen molar-refractivity contribution in [2.75, 3.05) is 0 Å². The first-order valence-electron chi connectivity index (χ1n) is 13.0. The molecular formula is C32H17F13O2. The number of halogens is 13. The van der Waals surface area contributed by atoms with Gasteiger partial charge in [-0.3, -0.25) is 0 Å². The van der Waals surface area contributed by atoms with Crippen molar-refractivity contribution in [3.63, 3.8) is 0 Å². The zero-order chi connectivity index (χ0) is 34.8. The summed E-state index contributed by atoms with van der Waals surface area (Å²) >= 11 is 0. The highest BCUT2D eigenvalue weighted by molar-refractivity contribution is 5.73. The average Bonchev–Trinajstić information content (AvgIpc) is 2.96. The monoisotopic (exact) mass is 680 g/mol. The van der Waals surface area contributed by atoms with Crippen LogP contribution >= 0.6 is 0 Å². The van der Waals surface area contributed by atoms with E-state index in [-0.39, 0.29) is 24.3 Å². The van der Waals surface area contributed by atoms with Gasteiger partial charge in [0, 0.05) is 17.7 Å². The summed E-state index contributed by atoms with van der Waals surface area (Å²) in [6.45, 7) is 1.67. The average molecular weight is 680 g/mol. The number of benzene rings is 4. The number of alkyl halides is 5. The van der Waals surface area contributed by atoms with Crippen LogP contribution in [0.4, 0.5) is 57.1 Å². The maximum Gasteiger partial charge on any atom is 0.573 e. The van der Waals surface area contributed by atoms with Crippen LogP contribution in [0, 0.1) is 34.9 Å².